The molecule has 0 nitrogen and oxygen atoms in total. The van der Waals surface area contributed by atoms with Gasteiger partial charge < -0.3 is 0 Å². The summed E-state index contributed by atoms with van der Waals surface area (Å²) in [6.07, 6.45) is 10.0. The topological polar surface area (TPSA) is 0 Å². The van der Waals surface area contributed by atoms with Crippen LogP contribution in [-0.2, 0) is 21.7 Å². The maximum atomic E-state index is 3.49. The third-order valence-electron chi connectivity index (χ3n) is 2.19. The molecular weight excluding hydrogens is 338 g/mol. The van der Waals surface area contributed by atoms with Crippen LogP contribution in [0, 0.1) is 19.9 Å². The maximum absolute atomic E-state index is 3.49. The zero-order valence-electron chi connectivity index (χ0n) is 10.4. The van der Waals surface area contributed by atoms with Crippen LogP contribution in [-0.4, -0.2) is 10.2 Å². The van der Waals surface area contributed by atoms with Crippen molar-refractivity contribution < 1.29 is 21.7 Å². The first-order valence-corrected chi connectivity index (χ1v) is 5.21. The molecule has 0 bridgehead atoms. The molecule has 1 aromatic rings. The van der Waals surface area contributed by atoms with Crippen LogP contribution in [0.25, 0.3) is 0 Å². The minimum Gasteiger partial charge on any atom is -0.273 e. The van der Waals surface area contributed by atoms with Crippen molar-refractivity contribution in [2.75, 3.05) is 0 Å². The van der Waals surface area contributed by atoms with Crippen LogP contribution < -0.4 is 5.19 Å². The summed E-state index contributed by atoms with van der Waals surface area (Å²) in [5.74, 6) is 0. The van der Waals surface area contributed by atoms with Crippen molar-refractivity contribution in [3.05, 3.63) is 53.6 Å². The smallest absolute Gasteiger partial charge is 0.0715 e. The molecule has 0 saturated heterocycles. The van der Waals surface area contributed by atoms with E-state index in [4.69, 9.17) is 0 Å². The van der Waals surface area contributed by atoms with Gasteiger partial charge in [0.05, 0.1) is 10.2 Å². The van der Waals surface area contributed by atoms with E-state index in [2.05, 4.69) is 48.4 Å². The molecule has 0 saturated carbocycles. The molecule has 1 aromatic carbocycles. The first-order valence-electron chi connectivity index (χ1n) is 4.71. The van der Waals surface area contributed by atoms with Crippen LogP contribution >= 0.6 is 37.2 Å². The molecule has 0 unspecified atom stereocenters. The van der Waals surface area contributed by atoms with Gasteiger partial charge in [-0.15, -0.1) is 43.6 Å². The first-order chi connectivity index (χ1) is 6.72. The third-order valence-corrected chi connectivity index (χ3v) is 2.73. The quantitative estimate of drug-likeness (QED) is 0.492. The second-order valence-corrected chi connectivity index (χ2v) is 3.79. The van der Waals surface area contributed by atoms with Gasteiger partial charge in [-0.3, -0.25) is 6.08 Å². The maximum Gasteiger partial charge on any atom is 0.0715 e. The van der Waals surface area contributed by atoms with E-state index in [1.807, 2.05) is 18.2 Å². The van der Waals surface area contributed by atoms with E-state index >= 15 is 0 Å². The molecule has 0 fully saturated rings. The standard InChI is InChI=1S/C8H9Si.C5H5.3ClH.Ti/c1-6-4-3-5-8(9)7(6)2;1-2-4-5-3-1;;;;/h3-5H,1-2H3;1-3H,4H2;3*1H;/q;-1;;;;. The summed E-state index contributed by atoms with van der Waals surface area (Å²) in [5.41, 5.74) is 2.66. The van der Waals surface area contributed by atoms with Crippen molar-refractivity contribution >= 4 is 52.7 Å². The summed E-state index contributed by atoms with van der Waals surface area (Å²) in [7, 11) is 3.49. The summed E-state index contributed by atoms with van der Waals surface area (Å²) in [5, 5.41) is 1.19. The van der Waals surface area contributed by atoms with Gasteiger partial charge in [0.2, 0.25) is 0 Å². The van der Waals surface area contributed by atoms with Crippen molar-refractivity contribution in [1.29, 1.82) is 0 Å². The molecule has 99 valence electrons. The molecule has 0 N–H and O–H groups in total. The molecule has 1 aliphatic carbocycles. The van der Waals surface area contributed by atoms with Crippen molar-refractivity contribution in [1.82, 2.24) is 0 Å². The van der Waals surface area contributed by atoms with Crippen LogP contribution in [0.4, 0.5) is 0 Å². The molecule has 0 aliphatic heterocycles. The number of halogens is 3. The summed E-state index contributed by atoms with van der Waals surface area (Å²) >= 11 is 0. The van der Waals surface area contributed by atoms with Gasteiger partial charge in [-0.05, 0) is 25.0 Å². The molecule has 2 rings (SSSR count). The van der Waals surface area contributed by atoms with Crippen LogP contribution in [0.3, 0.4) is 0 Å². The van der Waals surface area contributed by atoms with Crippen molar-refractivity contribution in [2.45, 2.75) is 20.3 Å². The number of benzene rings is 1. The number of allylic oxidation sites excluding steroid dienone is 4. The fourth-order valence-corrected chi connectivity index (χ4v) is 1.38. The number of hydrogen-bond acceptors (Lipinski definition) is 0. The molecule has 0 heterocycles. The predicted octanol–water partition coefficient (Wildman–Crippen LogP) is 3.67. The minimum atomic E-state index is 0. The molecule has 5 heteroatoms. The van der Waals surface area contributed by atoms with Crippen molar-refractivity contribution in [3.63, 3.8) is 0 Å². The first kappa shape index (κ1) is 26.9. The van der Waals surface area contributed by atoms with Gasteiger partial charge in [0.25, 0.3) is 0 Å². The number of rotatable bonds is 0. The Hall–Kier alpha value is 0.501. The Kier molecular flexibility index (Phi) is 23.3. The van der Waals surface area contributed by atoms with Gasteiger partial charge in [-0.1, -0.05) is 23.4 Å². The van der Waals surface area contributed by atoms with Crippen LogP contribution in [0.1, 0.15) is 17.5 Å². The third kappa shape index (κ3) is 10.4. The molecule has 18 heavy (non-hydrogen) atoms. The van der Waals surface area contributed by atoms with E-state index in [-0.39, 0.29) is 58.9 Å². The van der Waals surface area contributed by atoms with E-state index in [9.17, 15) is 0 Å². The van der Waals surface area contributed by atoms with Gasteiger partial charge in [0, 0.05) is 21.7 Å². The van der Waals surface area contributed by atoms with Crippen molar-refractivity contribution in [2.24, 2.45) is 0 Å². The average Bonchev–Trinajstić information content (AvgIpc) is 2.72. The molecule has 0 spiro atoms. The molecule has 0 amide bonds. The van der Waals surface area contributed by atoms with Crippen molar-refractivity contribution in [3.8, 4) is 0 Å². The van der Waals surface area contributed by atoms with E-state index in [0.29, 0.717) is 0 Å². The summed E-state index contributed by atoms with van der Waals surface area (Å²) < 4.78 is 0. The minimum absolute atomic E-state index is 0. The van der Waals surface area contributed by atoms with E-state index in [1.165, 1.54) is 16.3 Å². The Balaban J connectivity index is -0.0000000969. The molecule has 3 radical (unpaired) electrons. The number of aryl methyl sites for hydroxylation is 1. The largest absolute Gasteiger partial charge is 0.273 e. The zero-order chi connectivity index (χ0) is 10.4. The molecular formula is C13H17Cl3SiTi-. The second kappa shape index (κ2) is 15.6. The Morgan fingerprint density at radius 2 is 1.72 bits per heavy atom. The van der Waals surface area contributed by atoms with Gasteiger partial charge in [-0.25, -0.2) is 12.2 Å². The van der Waals surface area contributed by atoms with Gasteiger partial charge in [0.1, 0.15) is 0 Å². The van der Waals surface area contributed by atoms with Crippen LogP contribution in [0.5, 0.6) is 0 Å². The Morgan fingerprint density at radius 3 is 2.00 bits per heavy atom. The monoisotopic (exact) mass is 354 g/mol. The Labute approximate surface area is 147 Å². The van der Waals surface area contributed by atoms with Crippen LogP contribution in [0.15, 0.2) is 36.4 Å². The van der Waals surface area contributed by atoms with E-state index < -0.39 is 0 Å². The normalized spacial score (nSPS) is 9.72. The van der Waals surface area contributed by atoms with E-state index in [0.717, 1.165) is 6.42 Å². The fraction of sp³-hybridized carbons (Fsp3) is 0.231. The van der Waals surface area contributed by atoms with E-state index in [1.54, 1.807) is 0 Å². The SMILES string of the molecule is Cc1cccc([Si])c1C.Cl.Cl.Cl.[C-]1=CC=CC1.[Ti]. The molecule has 0 atom stereocenters. The van der Waals surface area contributed by atoms with Gasteiger partial charge >= 0.3 is 0 Å². The summed E-state index contributed by atoms with van der Waals surface area (Å²) in [4.78, 5) is 0. The van der Waals surface area contributed by atoms with Gasteiger partial charge in [0.15, 0.2) is 0 Å². The fourth-order valence-electron chi connectivity index (χ4n) is 1.09. The Morgan fingerprint density at radius 1 is 1.11 bits per heavy atom. The average molecular weight is 356 g/mol. The number of hydrogen-bond donors (Lipinski definition) is 0. The molecule has 1 aliphatic rings. The van der Waals surface area contributed by atoms with Crippen LogP contribution in [0.2, 0.25) is 0 Å². The second-order valence-electron chi connectivity index (χ2n) is 3.25. The van der Waals surface area contributed by atoms with Gasteiger partial charge in [-0.2, -0.15) is 6.08 Å². The zero-order valence-corrected chi connectivity index (χ0v) is 15.4. The summed E-state index contributed by atoms with van der Waals surface area (Å²) in [6.45, 7) is 4.22. The molecule has 0 aromatic heterocycles. The Bertz CT molecular complexity index is 335. The predicted molar refractivity (Wildman–Crippen MR) is 84.6 cm³/mol. The summed E-state index contributed by atoms with van der Waals surface area (Å²) in [6, 6.07) is 6.21.